The quantitative estimate of drug-likeness (QED) is 0.532. The smallest absolute Gasteiger partial charge is 0.0138 e. The molecule has 3 aliphatic rings. The van der Waals surface area contributed by atoms with E-state index >= 15 is 0 Å². The maximum Gasteiger partial charge on any atom is 0.0138 e. The molecule has 0 unspecified atom stereocenters. The lowest BCUT2D eigenvalue weighted by Gasteiger charge is -2.53. The molecule has 0 radical (unpaired) electrons. The fraction of sp³-hybridized carbons (Fsp3) is 0.846. The minimum Gasteiger partial charge on any atom is -0.294 e. The molecule has 0 bridgehead atoms. The zero-order valence-corrected chi connectivity index (χ0v) is 9.04. The van der Waals surface area contributed by atoms with Gasteiger partial charge in [0.15, 0.2) is 0 Å². The number of hydrogen-bond donors (Lipinski definition) is 0. The molecule has 3 saturated heterocycles. The Morgan fingerprint density at radius 3 is 1.93 bits per heavy atom. The molecule has 0 amide bonds. The Morgan fingerprint density at radius 2 is 1.36 bits per heavy atom. The van der Waals surface area contributed by atoms with Crippen LogP contribution in [0.25, 0.3) is 0 Å². The van der Waals surface area contributed by atoms with Crippen LogP contribution in [0.4, 0.5) is 0 Å². The second-order valence-electron chi connectivity index (χ2n) is 5.43. The van der Waals surface area contributed by atoms with Crippen molar-refractivity contribution in [3.63, 3.8) is 0 Å². The summed E-state index contributed by atoms with van der Waals surface area (Å²) in [4.78, 5) is 2.88. The summed E-state index contributed by atoms with van der Waals surface area (Å²) in [6.45, 7) is 4.23. The summed E-state index contributed by atoms with van der Waals surface area (Å²) >= 11 is 0. The molecule has 0 aliphatic carbocycles. The van der Waals surface area contributed by atoms with Gasteiger partial charge in [-0.3, -0.25) is 4.90 Å². The maximum atomic E-state index is 4.23. The van der Waals surface area contributed by atoms with E-state index in [4.69, 9.17) is 0 Å². The Hall–Kier alpha value is -0.300. The predicted molar refractivity (Wildman–Crippen MR) is 59.3 cm³/mol. The van der Waals surface area contributed by atoms with Gasteiger partial charge in [0.25, 0.3) is 0 Å². The first kappa shape index (κ1) is 8.96. The van der Waals surface area contributed by atoms with E-state index in [0.717, 1.165) is 18.1 Å². The highest BCUT2D eigenvalue weighted by molar-refractivity contribution is 5.10. The van der Waals surface area contributed by atoms with Crippen molar-refractivity contribution in [3.05, 3.63) is 12.2 Å². The number of piperidine rings is 3. The molecule has 3 rings (SSSR count). The SMILES string of the molecule is C=C1C[C@H]2CCCC3CCC[C@H](C1)N32. The van der Waals surface area contributed by atoms with Gasteiger partial charge >= 0.3 is 0 Å². The van der Waals surface area contributed by atoms with Gasteiger partial charge in [-0.05, 0) is 38.5 Å². The van der Waals surface area contributed by atoms with E-state index < -0.39 is 0 Å². The zero-order valence-electron chi connectivity index (χ0n) is 9.04. The van der Waals surface area contributed by atoms with Crippen LogP contribution < -0.4 is 0 Å². The van der Waals surface area contributed by atoms with Crippen molar-refractivity contribution in [2.24, 2.45) is 0 Å². The third kappa shape index (κ3) is 1.33. The van der Waals surface area contributed by atoms with Crippen LogP contribution in [0, 0.1) is 0 Å². The first-order valence-electron chi connectivity index (χ1n) is 6.28. The van der Waals surface area contributed by atoms with Crippen molar-refractivity contribution in [2.75, 3.05) is 0 Å². The van der Waals surface area contributed by atoms with E-state index in [-0.39, 0.29) is 0 Å². The zero-order chi connectivity index (χ0) is 9.54. The van der Waals surface area contributed by atoms with Gasteiger partial charge in [0.1, 0.15) is 0 Å². The molecule has 0 saturated carbocycles. The fourth-order valence-corrected chi connectivity index (χ4v) is 3.98. The summed E-state index contributed by atoms with van der Waals surface area (Å²) in [5.41, 5.74) is 1.53. The molecule has 3 aliphatic heterocycles. The maximum absolute atomic E-state index is 4.23. The Balaban J connectivity index is 1.85. The third-order valence-electron chi connectivity index (χ3n) is 4.46. The molecule has 0 aromatic carbocycles. The van der Waals surface area contributed by atoms with Gasteiger partial charge < -0.3 is 0 Å². The Morgan fingerprint density at radius 1 is 0.857 bits per heavy atom. The molecule has 1 heteroatoms. The summed E-state index contributed by atoms with van der Waals surface area (Å²) in [5, 5.41) is 0. The van der Waals surface area contributed by atoms with Gasteiger partial charge in [0, 0.05) is 18.1 Å². The highest BCUT2D eigenvalue weighted by Gasteiger charge is 2.40. The third-order valence-corrected chi connectivity index (χ3v) is 4.46. The van der Waals surface area contributed by atoms with E-state index in [2.05, 4.69) is 11.5 Å². The highest BCUT2D eigenvalue weighted by Crippen LogP contribution is 2.41. The van der Waals surface area contributed by atoms with Crippen LogP contribution in [-0.2, 0) is 0 Å². The van der Waals surface area contributed by atoms with E-state index in [0.29, 0.717) is 0 Å². The normalized spacial score (nSPS) is 43.4. The first-order valence-corrected chi connectivity index (χ1v) is 6.28. The second-order valence-corrected chi connectivity index (χ2v) is 5.43. The lowest BCUT2D eigenvalue weighted by molar-refractivity contribution is -0.0105. The molecular formula is C13H21N. The number of hydrogen-bond acceptors (Lipinski definition) is 1. The molecular weight excluding hydrogens is 170 g/mol. The molecule has 78 valence electrons. The summed E-state index contributed by atoms with van der Waals surface area (Å²) in [6.07, 6.45) is 11.3. The van der Waals surface area contributed by atoms with Crippen LogP contribution in [0.15, 0.2) is 12.2 Å². The van der Waals surface area contributed by atoms with Crippen LogP contribution in [0.2, 0.25) is 0 Å². The first-order chi connectivity index (χ1) is 6.84. The Labute approximate surface area is 87.2 Å². The van der Waals surface area contributed by atoms with Crippen molar-refractivity contribution in [2.45, 2.75) is 69.5 Å². The highest BCUT2D eigenvalue weighted by atomic mass is 15.2. The van der Waals surface area contributed by atoms with Gasteiger partial charge in [-0.25, -0.2) is 0 Å². The Bertz CT molecular complexity index is 224. The monoisotopic (exact) mass is 191 g/mol. The van der Waals surface area contributed by atoms with E-state index in [1.54, 1.807) is 0 Å². The van der Waals surface area contributed by atoms with Crippen LogP contribution >= 0.6 is 0 Å². The number of nitrogens with zero attached hydrogens (tertiary/aromatic N) is 1. The van der Waals surface area contributed by atoms with Crippen LogP contribution in [0.3, 0.4) is 0 Å². The molecule has 3 heterocycles. The lowest BCUT2D eigenvalue weighted by Crippen LogP contribution is -2.56. The molecule has 0 N–H and O–H groups in total. The summed E-state index contributed by atoms with van der Waals surface area (Å²) < 4.78 is 0. The van der Waals surface area contributed by atoms with E-state index in [1.807, 2.05) is 0 Å². The van der Waals surface area contributed by atoms with Crippen molar-refractivity contribution >= 4 is 0 Å². The van der Waals surface area contributed by atoms with Gasteiger partial charge in [-0.1, -0.05) is 25.0 Å². The van der Waals surface area contributed by atoms with Crippen molar-refractivity contribution in [1.82, 2.24) is 4.90 Å². The fourth-order valence-electron chi connectivity index (χ4n) is 3.98. The van der Waals surface area contributed by atoms with Crippen molar-refractivity contribution in [3.8, 4) is 0 Å². The lowest BCUT2D eigenvalue weighted by atomic mass is 9.77. The molecule has 0 aromatic heterocycles. The summed E-state index contributed by atoms with van der Waals surface area (Å²) in [6, 6.07) is 2.70. The van der Waals surface area contributed by atoms with Gasteiger partial charge in [0.05, 0.1) is 0 Å². The molecule has 3 fully saturated rings. The average Bonchev–Trinajstić information content (AvgIpc) is 2.18. The van der Waals surface area contributed by atoms with Gasteiger partial charge in [0.2, 0.25) is 0 Å². The molecule has 1 nitrogen and oxygen atoms in total. The second kappa shape index (κ2) is 3.37. The van der Waals surface area contributed by atoms with Gasteiger partial charge in [-0.2, -0.15) is 0 Å². The molecule has 2 atom stereocenters. The average molecular weight is 191 g/mol. The van der Waals surface area contributed by atoms with Crippen LogP contribution in [0.1, 0.15) is 51.4 Å². The predicted octanol–water partition coefficient (Wildman–Crippen LogP) is 3.11. The largest absolute Gasteiger partial charge is 0.294 e. The van der Waals surface area contributed by atoms with E-state index in [1.165, 1.54) is 56.9 Å². The standard InChI is InChI=1S/C13H21N/c1-10-8-12-6-2-4-11-5-3-7-13(9-10)14(11)12/h11-13H,1-9H2/t12-,13-/m1/s1. The van der Waals surface area contributed by atoms with Crippen molar-refractivity contribution in [1.29, 1.82) is 0 Å². The van der Waals surface area contributed by atoms with Crippen LogP contribution in [-0.4, -0.2) is 23.0 Å². The van der Waals surface area contributed by atoms with E-state index in [9.17, 15) is 0 Å². The summed E-state index contributed by atoms with van der Waals surface area (Å²) in [5.74, 6) is 0. The van der Waals surface area contributed by atoms with Crippen LogP contribution in [0.5, 0.6) is 0 Å². The molecule has 14 heavy (non-hydrogen) atoms. The topological polar surface area (TPSA) is 3.24 Å². The van der Waals surface area contributed by atoms with Gasteiger partial charge in [-0.15, -0.1) is 0 Å². The minimum atomic E-state index is 0.875. The van der Waals surface area contributed by atoms with Crippen molar-refractivity contribution < 1.29 is 0 Å². The minimum absolute atomic E-state index is 0.875. The number of rotatable bonds is 0. The molecule has 0 aromatic rings. The Kier molecular flexibility index (Phi) is 2.16. The molecule has 0 spiro atoms. The summed E-state index contributed by atoms with van der Waals surface area (Å²) in [7, 11) is 0.